The van der Waals surface area contributed by atoms with Crippen molar-refractivity contribution in [2.75, 3.05) is 25.1 Å². The highest BCUT2D eigenvalue weighted by Gasteiger charge is 2.51. The molecule has 1 aromatic carbocycles. The van der Waals surface area contributed by atoms with Gasteiger partial charge in [0.2, 0.25) is 0 Å². The van der Waals surface area contributed by atoms with E-state index in [4.69, 9.17) is 25.8 Å². The van der Waals surface area contributed by atoms with Crippen molar-refractivity contribution in [2.24, 2.45) is 0 Å². The molecule has 0 saturated heterocycles. The number of hydrogen-bond acceptors (Lipinski definition) is 7. The summed E-state index contributed by atoms with van der Waals surface area (Å²) in [5, 5.41) is 2.71. The monoisotopic (exact) mass is 458 g/mol. The molecule has 2 atom stereocenters. The lowest BCUT2D eigenvalue weighted by molar-refractivity contribution is 0.215. The lowest BCUT2D eigenvalue weighted by atomic mass is 10.1. The van der Waals surface area contributed by atoms with Gasteiger partial charge in [0.25, 0.3) is 5.40 Å². The standard InChI is InChI=1S/C18H25N3O5P2S/c1-4-24-27(22)17(28(23,25-5-2)26-6-3)13-15-7-9-16(10-8-15)20-18(29)21-12-11-19-14-21/h7-12,14,17H,4-6,13H2,1-3H3/p+1. The van der Waals surface area contributed by atoms with Gasteiger partial charge in [-0.15, -0.1) is 4.52 Å². The Morgan fingerprint density at radius 3 is 2.38 bits per heavy atom. The first kappa shape index (κ1) is 23.8. The zero-order valence-electron chi connectivity index (χ0n) is 16.7. The molecule has 0 aliphatic rings. The molecule has 0 aliphatic heterocycles. The van der Waals surface area contributed by atoms with Crippen molar-refractivity contribution in [2.45, 2.75) is 32.6 Å². The van der Waals surface area contributed by atoms with Gasteiger partial charge in [0, 0.05) is 24.5 Å². The average Bonchev–Trinajstić information content (AvgIpc) is 3.23. The lowest BCUT2D eigenvalue weighted by Gasteiger charge is -2.19. The Hall–Kier alpha value is -1.47. The second kappa shape index (κ2) is 11.6. The van der Waals surface area contributed by atoms with Crippen LogP contribution in [0, 0.1) is 0 Å². The van der Waals surface area contributed by atoms with Gasteiger partial charge in [0.1, 0.15) is 6.33 Å². The summed E-state index contributed by atoms with van der Waals surface area (Å²) >= 11 is 5.32. The van der Waals surface area contributed by atoms with Gasteiger partial charge in [0.05, 0.1) is 19.8 Å². The molecule has 1 heterocycles. The van der Waals surface area contributed by atoms with Crippen molar-refractivity contribution in [1.82, 2.24) is 9.55 Å². The smallest absolute Gasteiger partial charge is 0.332 e. The fourth-order valence-electron chi connectivity index (χ4n) is 2.59. The molecule has 2 rings (SSSR count). The van der Waals surface area contributed by atoms with E-state index in [2.05, 4.69) is 10.3 Å². The van der Waals surface area contributed by atoms with E-state index in [0.717, 1.165) is 11.3 Å². The zero-order chi connectivity index (χ0) is 21.3. The quantitative estimate of drug-likeness (QED) is 0.370. The van der Waals surface area contributed by atoms with Crippen LogP contribution < -0.4 is 5.32 Å². The van der Waals surface area contributed by atoms with Crippen LogP contribution in [0.15, 0.2) is 43.0 Å². The average molecular weight is 458 g/mol. The van der Waals surface area contributed by atoms with Crippen LogP contribution in [-0.2, 0) is 29.1 Å². The Morgan fingerprint density at radius 1 is 1.21 bits per heavy atom. The molecule has 0 fully saturated rings. The summed E-state index contributed by atoms with van der Waals surface area (Å²) < 4.78 is 43.7. The number of hydrogen-bond donors (Lipinski definition) is 1. The zero-order valence-corrected chi connectivity index (χ0v) is 19.3. The highest BCUT2D eigenvalue weighted by molar-refractivity contribution is 7.80. The van der Waals surface area contributed by atoms with Gasteiger partial charge in [-0.2, -0.15) is 0 Å². The first-order valence-electron chi connectivity index (χ1n) is 9.29. The maximum atomic E-state index is 13.2. The molecule has 0 saturated carbocycles. The topological polar surface area (TPSA) is 91.7 Å². The summed E-state index contributed by atoms with van der Waals surface area (Å²) in [7, 11) is -5.84. The molecule has 0 bridgehead atoms. The maximum Gasteiger partial charge on any atom is 0.524 e. The highest BCUT2D eigenvalue weighted by atomic mass is 32.1. The first-order chi connectivity index (χ1) is 13.9. The summed E-state index contributed by atoms with van der Waals surface area (Å²) in [6.07, 6.45) is 5.24. The fourth-order valence-corrected chi connectivity index (χ4v) is 6.70. The number of benzene rings is 1. The van der Waals surface area contributed by atoms with Crippen LogP contribution in [-0.4, -0.2) is 39.9 Å². The normalized spacial score (nSPS) is 13.1. The van der Waals surface area contributed by atoms with Crippen LogP contribution in [0.25, 0.3) is 0 Å². The third-order valence-electron chi connectivity index (χ3n) is 3.85. The van der Waals surface area contributed by atoms with E-state index in [1.807, 2.05) is 24.3 Å². The summed E-state index contributed by atoms with van der Waals surface area (Å²) in [4.78, 5) is 3.96. The SMILES string of the molecule is CCO[P+](=O)C(Cc1ccc(NC(=S)n2ccnc2)cc1)P(=O)(OCC)OCC. The van der Waals surface area contributed by atoms with Crippen LogP contribution in [0.4, 0.5) is 5.69 Å². The summed E-state index contributed by atoms with van der Waals surface area (Å²) in [5.74, 6) is 0. The minimum atomic E-state index is -3.60. The molecule has 8 nitrogen and oxygen atoms in total. The van der Waals surface area contributed by atoms with Gasteiger partial charge in [-0.05, 0) is 55.3 Å². The van der Waals surface area contributed by atoms with Crippen molar-refractivity contribution in [3.05, 3.63) is 48.5 Å². The molecule has 0 radical (unpaired) electrons. The van der Waals surface area contributed by atoms with Crippen molar-refractivity contribution >= 4 is 38.6 Å². The van der Waals surface area contributed by atoms with Gasteiger partial charge in [-0.3, -0.25) is 9.13 Å². The molecular formula is C18H26N3O5P2S+. The third kappa shape index (κ3) is 6.78. The highest BCUT2D eigenvalue weighted by Crippen LogP contribution is 2.62. The van der Waals surface area contributed by atoms with E-state index in [9.17, 15) is 9.13 Å². The van der Waals surface area contributed by atoms with Crippen molar-refractivity contribution in [3.63, 3.8) is 0 Å². The fraction of sp³-hybridized carbons (Fsp3) is 0.444. The molecule has 1 aromatic heterocycles. The van der Waals surface area contributed by atoms with Gasteiger partial charge >= 0.3 is 15.6 Å². The Morgan fingerprint density at radius 2 is 1.86 bits per heavy atom. The predicted octanol–water partition coefficient (Wildman–Crippen LogP) is 5.04. The van der Waals surface area contributed by atoms with E-state index in [-0.39, 0.29) is 26.2 Å². The van der Waals surface area contributed by atoms with E-state index in [1.165, 1.54) is 0 Å². The molecule has 2 aromatic rings. The molecule has 0 amide bonds. The number of thiocarbonyl (C=S) groups is 1. The van der Waals surface area contributed by atoms with Crippen molar-refractivity contribution < 1.29 is 22.7 Å². The molecule has 0 aliphatic carbocycles. The molecule has 29 heavy (non-hydrogen) atoms. The number of nitrogens with one attached hydrogen (secondary N) is 1. The largest absolute Gasteiger partial charge is 0.524 e. The van der Waals surface area contributed by atoms with Crippen LogP contribution in [0.2, 0.25) is 0 Å². The van der Waals surface area contributed by atoms with Crippen LogP contribution in [0.1, 0.15) is 26.3 Å². The minimum absolute atomic E-state index is 0.192. The van der Waals surface area contributed by atoms with Crippen LogP contribution >= 0.6 is 27.8 Å². The Balaban J connectivity index is 2.16. The van der Waals surface area contributed by atoms with Gasteiger partial charge < -0.3 is 14.4 Å². The van der Waals surface area contributed by atoms with Gasteiger partial charge in [-0.25, -0.2) is 4.98 Å². The van der Waals surface area contributed by atoms with Crippen LogP contribution in [0.3, 0.4) is 0 Å². The third-order valence-corrected chi connectivity index (χ3v) is 8.90. The van der Waals surface area contributed by atoms with Gasteiger partial charge in [-0.1, -0.05) is 12.1 Å². The Bertz CT molecular complexity index is 836. The summed E-state index contributed by atoms with van der Waals surface area (Å²) in [6.45, 7) is 5.81. The maximum absolute atomic E-state index is 13.2. The van der Waals surface area contributed by atoms with Crippen molar-refractivity contribution in [3.8, 4) is 0 Å². The Kier molecular flexibility index (Phi) is 9.56. The number of aromatic nitrogens is 2. The number of anilines is 1. The van der Waals surface area contributed by atoms with Crippen molar-refractivity contribution in [1.29, 1.82) is 0 Å². The van der Waals surface area contributed by atoms with E-state index in [0.29, 0.717) is 5.11 Å². The molecule has 11 heteroatoms. The molecular weight excluding hydrogens is 432 g/mol. The second-order valence-electron chi connectivity index (χ2n) is 5.86. The van der Waals surface area contributed by atoms with Crippen LogP contribution in [0.5, 0.6) is 0 Å². The molecule has 1 N–H and O–H groups in total. The summed E-state index contributed by atoms with van der Waals surface area (Å²) in [6, 6.07) is 7.39. The number of imidazole rings is 1. The lowest BCUT2D eigenvalue weighted by Crippen LogP contribution is -2.17. The summed E-state index contributed by atoms with van der Waals surface area (Å²) in [5.41, 5.74) is 1.62. The predicted molar refractivity (Wildman–Crippen MR) is 118 cm³/mol. The number of nitrogens with zero attached hydrogens (tertiary/aromatic N) is 2. The van der Waals surface area contributed by atoms with E-state index in [1.54, 1.807) is 44.1 Å². The second-order valence-corrected chi connectivity index (χ2v) is 10.3. The molecule has 158 valence electrons. The molecule has 0 spiro atoms. The first-order valence-corrected chi connectivity index (χ1v) is 12.6. The minimum Gasteiger partial charge on any atom is -0.332 e. The Labute approximate surface area is 177 Å². The number of rotatable bonds is 11. The molecule has 2 unspecified atom stereocenters. The van der Waals surface area contributed by atoms with E-state index >= 15 is 0 Å². The van der Waals surface area contributed by atoms with E-state index < -0.39 is 21.0 Å². The van der Waals surface area contributed by atoms with Gasteiger partial charge in [0.15, 0.2) is 5.11 Å².